The fourth-order valence-corrected chi connectivity index (χ4v) is 3.57. The number of carbonyl (C=O) groups is 1. The first-order valence-corrected chi connectivity index (χ1v) is 8.77. The van der Waals surface area contributed by atoms with Crippen molar-refractivity contribution in [3.63, 3.8) is 0 Å². The van der Waals surface area contributed by atoms with Gasteiger partial charge in [-0.2, -0.15) is 0 Å². The zero-order valence-corrected chi connectivity index (χ0v) is 14.5. The van der Waals surface area contributed by atoms with Crippen LogP contribution in [0.3, 0.4) is 0 Å². The summed E-state index contributed by atoms with van der Waals surface area (Å²) in [7, 11) is 0. The van der Waals surface area contributed by atoms with Crippen molar-refractivity contribution in [1.29, 1.82) is 0 Å². The van der Waals surface area contributed by atoms with E-state index in [1.807, 2.05) is 4.90 Å². The normalized spacial score (nSPS) is 18.2. The lowest BCUT2D eigenvalue weighted by molar-refractivity contribution is -0.129. The average molecular weight is 327 g/mol. The first-order valence-electron chi connectivity index (χ1n) is 7.35. The van der Waals surface area contributed by atoms with Crippen LogP contribution in [0.15, 0.2) is 17.5 Å². The van der Waals surface area contributed by atoms with E-state index in [9.17, 15) is 4.79 Å². The van der Waals surface area contributed by atoms with Crippen molar-refractivity contribution in [2.75, 3.05) is 12.4 Å². The van der Waals surface area contributed by atoms with Crippen molar-refractivity contribution in [2.45, 2.75) is 45.6 Å². The van der Waals surface area contributed by atoms with Gasteiger partial charge in [-0.15, -0.1) is 22.9 Å². The minimum absolute atomic E-state index is 0.00975. The molecule has 2 rings (SSSR count). The highest BCUT2D eigenvalue weighted by atomic mass is 35.5. The fourth-order valence-electron chi connectivity index (χ4n) is 2.36. The van der Waals surface area contributed by atoms with Crippen molar-refractivity contribution < 1.29 is 4.79 Å². The Labute approximate surface area is 136 Å². The van der Waals surface area contributed by atoms with Gasteiger partial charge in [0.15, 0.2) is 0 Å². The molecule has 0 radical (unpaired) electrons. The Morgan fingerprint density at radius 1 is 1.52 bits per heavy atom. The summed E-state index contributed by atoms with van der Waals surface area (Å²) in [4.78, 5) is 18.6. The van der Waals surface area contributed by atoms with Crippen LogP contribution in [0.1, 0.15) is 44.3 Å². The SMILES string of the molecule is CC(C)(C)c1csc(CN(CC2C=CCC2)C(=O)CCl)n1. The Kier molecular flexibility index (Phi) is 5.44. The van der Waals surface area contributed by atoms with Crippen LogP contribution in [0, 0.1) is 5.92 Å². The number of hydrogen-bond donors (Lipinski definition) is 0. The van der Waals surface area contributed by atoms with E-state index in [1.54, 1.807) is 11.3 Å². The molecule has 21 heavy (non-hydrogen) atoms. The highest BCUT2D eigenvalue weighted by Crippen LogP contribution is 2.25. The summed E-state index contributed by atoms with van der Waals surface area (Å²) in [6, 6.07) is 0. The van der Waals surface area contributed by atoms with Gasteiger partial charge in [-0.3, -0.25) is 4.79 Å². The molecule has 1 heterocycles. The van der Waals surface area contributed by atoms with Crippen LogP contribution in [0.25, 0.3) is 0 Å². The maximum atomic E-state index is 12.1. The van der Waals surface area contributed by atoms with Crippen LogP contribution in [0.5, 0.6) is 0 Å². The lowest BCUT2D eigenvalue weighted by Crippen LogP contribution is -2.35. The first-order chi connectivity index (χ1) is 9.90. The molecule has 1 amide bonds. The summed E-state index contributed by atoms with van der Waals surface area (Å²) >= 11 is 7.37. The van der Waals surface area contributed by atoms with E-state index in [2.05, 4.69) is 43.3 Å². The number of nitrogens with zero attached hydrogens (tertiary/aromatic N) is 2. The smallest absolute Gasteiger partial charge is 0.237 e. The number of alkyl halides is 1. The molecule has 0 bridgehead atoms. The first kappa shape index (κ1) is 16.5. The number of hydrogen-bond acceptors (Lipinski definition) is 3. The van der Waals surface area contributed by atoms with E-state index in [1.165, 1.54) is 0 Å². The van der Waals surface area contributed by atoms with E-state index < -0.39 is 0 Å². The van der Waals surface area contributed by atoms with Crippen LogP contribution >= 0.6 is 22.9 Å². The zero-order chi connectivity index (χ0) is 15.5. The Balaban J connectivity index is 2.05. The number of rotatable bonds is 5. The third kappa shape index (κ3) is 4.55. The second-order valence-corrected chi connectivity index (χ2v) is 7.76. The lowest BCUT2D eigenvalue weighted by atomic mass is 9.93. The van der Waals surface area contributed by atoms with E-state index in [-0.39, 0.29) is 17.2 Å². The molecule has 0 spiro atoms. The maximum absolute atomic E-state index is 12.1. The van der Waals surface area contributed by atoms with Gasteiger partial charge >= 0.3 is 0 Å². The Bertz CT molecular complexity index is 519. The fraction of sp³-hybridized carbons (Fsp3) is 0.625. The summed E-state index contributed by atoms with van der Waals surface area (Å²) in [5, 5.41) is 3.08. The van der Waals surface area contributed by atoms with Crippen molar-refractivity contribution in [3.8, 4) is 0 Å². The summed E-state index contributed by atoms with van der Waals surface area (Å²) in [6.07, 6.45) is 6.63. The Morgan fingerprint density at radius 3 is 2.81 bits per heavy atom. The van der Waals surface area contributed by atoms with Crippen LogP contribution in [0.4, 0.5) is 0 Å². The molecule has 1 aliphatic rings. The van der Waals surface area contributed by atoms with Crippen molar-refractivity contribution in [3.05, 3.63) is 28.2 Å². The summed E-state index contributed by atoms with van der Waals surface area (Å²) in [6.45, 7) is 7.76. The summed E-state index contributed by atoms with van der Waals surface area (Å²) < 4.78 is 0. The largest absolute Gasteiger partial charge is 0.334 e. The summed E-state index contributed by atoms with van der Waals surface area (Å²) in [5.74, 6) is 0.484. The van der Waals surface area contributed by atoms with Gasteiger partial charge in [-0.1, -0.05) is 32.9 Å². The number of carbonyl (C=O) groups excluding carboxylic acids is 1. The number of aromatic nitrogens is 1. The maximum Gasteiger partial charge on any atom is 0.237 e. The van der Waals surface area contributed by atoms with E-state index >= 15 is 0 Å². The molecular weight excluding hydrogens is 304 g/mol. The molecule has 0 aliphatic heterocycles. The monoisotopic (exact) mass is 326 g/mol. The standard InChI is InChI=1S/C16H23ClN2OS/c1-16(2,3)13-11-21-14(18-13)10-19(15(20)8-17)9-12-6-4-5-7-12/h4,6,11-12H,5,7-10H2,1-3H3. The van der Waals surface area contributed by atoms with Crippen LogP contribution in [0.2, 0.25) is 0 Å². The third-order valence-electron chi connectivity index (χ3n) is 3.68. The van der Waals surface area contributed by atoms with Crippen LogP contribution < -0.4 is 0 Å². The van der Waals surface area contributed by atoms with Crippen molar-refractivity contribution in [2.24, 2.45) is 5.92 Å². The molecule has 1 atom stereocenters. The molecule has 0 saturated carbocycles. The van der Waals surface area contributed by atoms with Gasteiger partial charge in [0.05, 0.1) is 12.2 Å². The van der Waals surface area contributed by atoms with E-state index in [0.29, 0.717) is 12.5 Å². The van der Waals surface area contributed by atoms with Crippen molar-refractivity contribution in [1.82, 2.24) is 9.88 Å². The highest BCUT2D eigenvalue weighted by Gasteiger charge is 2.22. The third-order valence-corrected chi connectivity index (χ3v) is 4.74. The summed E-state index contributed by atoms with van der Waals surface area (Å²) in [5.41, 5.74) is 1.13. The van der Waals surface area contributed by atoms with Gasteiger partial charge in [0.25, 0.3) is 0 Å². The second kappa shape index (κ2) is 6.93. The minimum Gasteiger partial charge on any atom is -0.334 e. The average Bonchev–Trinajstić information content (AvgIpc) is 3.07. The molecule has 3 nitrogen and oxygen atoms in total. The molecule has 1 aromatic heterocycles. The van der Waals surface area contributed by atoms with Crippen LogP contribution in [-0.2, 0) is 16.8 Å². The number of halogens is 1. The van der Waals surface area contributed by atoms with Gasteiger partial charge in [-0.05, 0) is 18.8 Å². The number of amides is 1. The number of allylic oxidation sites excluding steroid dienone is 1. The molecule has 0 fully saturated rings. The van der Waals surface area contributed by atoms with Crippen LogP contribution in [-0.4, -0.2) is 28.2 Å². The molecule has 0 aromatic carbocycles. The predicted molar refractivity (Wildman–Crippen MR) is 88.8 cm³/mol. The molecule has 1 aliphatic carbocycles. The van der Waals surface area contributed by atoms with Gasteiger partial charge in [0, 0.05) is 17.3 Å². The Hall–Kier alpha value is -0.870. The van der Waals surface area contributed by atoms with Gasteiger partial charge in [0.2, 0.25) is 5.91 Å². The van der Waals surface area contributed by atoms with Crippen molar-refractivity contribution >= 4 is 28.8 Å². The molecule has 116 valence electrons. The van der Waals surface area contributed by atoms with E-state index in [4.69, 9.17) is 11.6 Å². The molecular formula is C16H23ClN2OS. The lowest BCUT2D eigenvalue weighted by Gasteiger charge is -2.23. The van der Waals surface area contributed by atoms with Gasteiger partial charge < -0.3 is 4.90 Å². The highest BCUT2D eigenvalue weighted by molar-refractivity contribution is 7.09. The molecule has 0 N–H and O–H groups in total. The zero-order valence-electron chi connectivity index (χ0n) is 12.9. The molecule has 1 aromatic rings. The molecule has 0 saturated heterocycles. The quantitative estimate of drug-likeness (QED) is 0.606. The topological polar surface area (TPSA) is 33.2 Å². The Morgan fingerprint density at radius 2 is 2.29 bits per heavy atom. The molecule has 1 unspecified atom stereocenters. The second-order valence-electron chi connectivity index (χ2n) is 6.55. The predicted octanol–water partition coefficient (Wildman–Crippen LogP) is 3.97. The van der Waals surface area contributed by atoms with Gasteiger partial charge in [-0.25, -0.2) is 4.98 Å². The molecule has 5 heteroatoms. The van der Waals surface area contributed by atoms with Gasteiger partial charge in [0.1, 0.15) is 10.9 Å². The van der Waals surface area contributed by atoms with E-state index in [0.717, 1.165) is 30.1 Å². The minimum atomic E-state index is -0.00975. The number of thiazole rings is 1.